The minimum atomic E-state index is -3.86. The SMILES string of the molecule is Cc1cc(S(=O)(=O)Nc2ccc(NCCc3ccccc3)nn2)ccc1F. The number of nitrogens with one attached hydrogen (secondary N) is 2. The lowest BCUT2D eigenvalue weighted by atomic mass is 10.1. The van der Waals surface area contributed by atoms with Gasteiger partial charge in [0, 0.05) is 6.54 Å². The van der Waals surface area contributed by atoms with Gasteiger partial charge < -0.3 is 5.32 Å². The van der Waals surface area contributed by atoms with Crippen LogP contribution < -0.4 is 10.0 Å². The number of aryl methyl sites for hydroxylation is 1. The van der Waals surface area contributed by atoms with Crippen molar-refractivity contribution in [3.8, 4) is 0 Å². The first kappa shape index (κ1) is 18.8. The van der Waals surface area contributed by atoms with Crippen LogP contribution in [0.3, 0.4) is 0 Å². The largest absolute Gasteiger partial charge is 0.368 e. The van der Waals surface area contributed by atoms with Crippen LogP contribution in [0.5, 0.6) is 0 Å². The van der Waals surface area contributed by atoms with E-state index in [-0.39, 0.29) is 16.3 Å². The van der Waals surface area contributed by atoms with Crippen molar-refractivity contribution < 1.29 is 12.8 Å². The molecule has 140 valence electrons. The van der Waals surface area contributed by atoms with Crippen LogP contribution in [0.25, 0.3) is 0 Å². The molecule has 0 amide bonds. The van der Waals surface area contributed by atoms with Crippen LogP contribution in [-0.2, 0) is 16.4 Å². The zero-order valence-electron chi connectivity index (χ0n) is 14.7. The summed E-state index contributed by atoms with van der Waals surface area (Å²) in [7, 11) is -3.86. The molecule has 0 saturated heterocycles. The lowest BCUT2D eigenvalue weighted by molar-refractivity contribution is 0.598. The molecule has 6 nitrogen and oxygen atoms in total. The highest BCUT2D eigenvalue weighted by atomic mass is 32.2. The van der Waals surface area contributed by atoms with E-state index in [2.05, 4.69) is 20.2 Å². The third-order valence-electron chi connectivity index (χ3n) is 3.91. The van der Waals surface area contributed by atoms with Gasteiger partial charge in [-0.15, -0.1) is 10.2 Å². The molecule has 2 N–H and O–H groups in total. The second kappa shape index (κ2) is 8.13. The Bertz CT molecular complexity index is 1010. The normalized spacial score (nSPS) is 11.2. The van der Waals surface area contributed by atoms with E-state index in [1.807, 2.05) is 30.3 Å². The number of hydrogen-bond donors (Lipinski definition) is 2. The molecule has 0 aliphatic carbocycles. The Labute approximate surface area is 157 Å². The molecule has 2 aromatic carbocycles. The second-order valence-electron chi connectivity index (χ2n) is 5.98. The molecule has 0 aliphatic heterocycles. The molecule has 0 saturated carbocycles. The first-order valence-corrected chi connectivity index (χ1v) is 9.83. The molecule has 0 spiro atoms. The van der Waals surface area contributed by atoms with E-state index in [1.165, 1.54) is 30.7 Å². The van der Waals surface area contributed by atoms with Crippen molar-refractivity contribution >= 4 is 21.7 Å². The maximum Gasteiger partial charge on any atom is 0.263 e. The monoisotopic (exact) mass is 386 g/mol. The first-order valence-electron chi connectivity index (χ1n) is 8.34. The van der Waals surface area contributed by atoms with Crippen LogP contribution in [-0.4, -0.2) is 25.2 Å². The summed E-state index contributed by atoms with van der Waals surface area (Å²) >= 11 is 0. The van der Waals surface area contributed by atoms with Crippen LogP contribution in [0.2, 0.25) is 0 Å². The third-order valence-corrected chi connectivity index (χ3v) is 5.26. The van der Waals surface area contributed by atoms with E-state index in [1.54, 1.807) is 6.07 Å². The Morgan fingerprint density at radius 3 is 2.33 bits per heavy atom. The van der Waals surface area contributed by atoms with E-state index in [4.69, 9.17) is 0 Å². The number of hydrogen-bond acceptors (Lipinski definition) is 5. The highest BCUT2D eigenvalue weighted by molar-refractivity contribution is 7.92. The van der Waals surface area contributed by atoms with E-state index in [0.717, 1.165) is 12.5 Å². The standard InChI is InChI=1S/C19H19FN4O2S/c1-14-13-16(7-8-17(14)20)27(25,26)24-19-10-9-18(22-23-19)21-12-11-15-5-3-2-4-6-15/h2-10,13H,11-12H2,1H3,(H,21,22)(H,23,24). The molecule has 3 aromatic rings. The van der Waals surface area contributed by atoms with E-state index < -0.39 is 15.8 Å². The lowest BCUT2D eigenvalue weighted by Crippen LogP contribution is -2.15. The zero-order valence-corrected chi connectivity index (χ0v) is 15.5. The summed E-state index contributed by atoms with van der Waals surface area (Å²) in [6.45, 7) is 2.18. The van der Waals surface area contributed by atoms with Crippen molar-refractivity contribution in [2.24, 2.45) is 0 Å². The Balaban J connectivity index is 1.60. The highest BCUT2D eigenvalue weighted by Crippen LogP contribution is 2.17. The van der Waals surface area contributed by atoms with Gasteiger partial charge in [0.15, 0.2) is 5.82 Å². The fourth-order valence-electron chi connectivity index (χ4n) is 2.44. The van der Waals surface area contributed by atoms with Crippen LogP contribution in [0, 0.1) is 12.7 Å². The number of rotatable bonds is 7. The third kappa shape index (κ3) is 5.01. The van der Waals surface area contributed by atoms with Crippen LogP contribution in [0.1, 0.15) is 11.1 Å². The molecule has 1 aromatic heterocycles. The number of halogens is 1. The van der Waals surface area contributed by atoms with Crippen molar-refractivity contribution in [1.82, 2.24) is 10.2 Å². The molecule has 1 heterocycles. The predicted molar refractivity (Wildman–Crippen MR) is 103 cm³/mol. The van der Waals surface area contributed by atoms with Gasteiger partial charge in [0.2, 0.25) is 0 Å². The average molecular weight is 386 g/mol. The van der Waals surface area contributed by atoms with Crippen LogP contribution >= 0.6 is 0 Å². The quantitative estimate of drug-likeness (QED) is 0.650. The molecule has 0 radical (unpaired) electrons. The van der Waals surface area contributed by atoms with E-state index in [9.17, 15) is 12.8 Å². The van der Waals surface area contributed by atoms with Crippen molar-refractivity contribution in [2.75, 3.05) is 16.6 Å². The van der Waals surface area contributed by atoms with Gasteiger partial charge in [-0.2, -0.15) is 0 Å². The molecule has 0 atom stereocenters. The first-order chi connectivity index (χ1) is 12.9. The highest BCUT2D eigenvalue weighted by Gasteiger charge is 2.16. The van der Waals surface area contributed by atoms with Crippen LogP contribution in [0.15, 0.2) is 65.6 Å². The molecule has 3 rings (SSSR count). The Hall–Kier alpha value is -3.00. The summed E-state index contributed by atoms with van der Waals surface area (Å²) in [4.78, 5) is -0.0340. The summed E-state index contributed by atoms with van der Waals surface area (Å²) in [5, 5.41) is 11.0. The lowest BCUT2D eigenvalue weighted by Gasteiger charge is -2.09. The molecular weight excluding hydrogens is 367 g/mol. The summed E-state index contributed by atoms with van der Waals surface area (Å²) in [5.74, 6) is 0.178. The van der Waals surface area contributed by atoms with Gasteiger partial charge >= 0.3 is 0 Å². The number of nitrogens with zero attached hydrogens (tertiary/aromatic N) is 2. The number of aromatic nitrogens is 2. The number of benzene rings is 2. The molecule has 8 heteroatoms. The molecule has 0 fully saturated rings. The van der Waals surface area contributed by atoms with Crippen molar-refractivity contribution in [3.63, 3.8) is 0 Å². The van der Waals surface area contributed by atoms with Gasteiger partial charge in [0.05, 0.1) is 4.90 Å². The van der Waals surface area contributed by atoms with Gasteiger partial charge in [-0.3, -0.25) is 4.72 Å². The summed E-state index contributed by atoms with van der Waals surface area (Å²) in [5.41, 5.74) is 1.46. The number of sulfonamides is 1. The van der Waals surface area contributed by atoms with Gasteiger partial charge in [-0.05, 0) is 54.8 Å². The van der Waals surface area contributed by atoms with Gasteiger partial charge in [0.25, 0.3) is 10.0 Å². The topological polar surface area (TPSA) is 84.0 Å². The Morgan fingerprint density at radius 2 is 1.67 bits per heavy atom. The van der Waals surface area contributed by atoms with E-state index >= 15 is 0 Å². The Kier molecular flexibility index (Phi) is 5.66. The van der Waals surface area contributed by atoms with Crippen molar-refractivity contribution in [1.29, 1.82) is 0 Å². The molecular formula is C19H19FN4O2S. The predicted octanol–water partition coefficient (Wildman–Crippen LogP) is 3.38. The summed E-state index contributed by atoms with van der Waals surface area (Å²) < 4.78 is 40.4. The zero-order chi connectivity index (χ0) is 19.3. The minimum absolute atomic E-state index is 0.0340. The van der Waals surface area contributed by atoms with E-state index in [0.29, 0.717) is 12.4 Å². The maximum absolute atomic E-state index is 13.3. The number of anilines is 2. The van der Waals surface area contributed by atoms with Gasteiger partial charge in [-0.25, -0.2) is 12.8 Å². The smallest absolute Gasteiger partial charge is 0.263 e. The molecule has 27 heavy (non-hydrogen) atoms. The Morgan fingerprint density at radius 1 is 0.963 bits per heavy atom. The fourth-order valence-corrected chi connectivity index (χ4v) is 3.52. The van der Waals surface area contributed by atoms with Gasteiger partial charge in [-0.1, -0.05) is 30.3 Å². The second-order valence-corrected chi connectivity index (χ2v) is 7.67. The molecule has 0 unspecified atom stereocenters. The minimum Gasteiger partial charge on any atom is -0.368 e. The van der Waals surface area contributed by atoms with Crippen molar-refractivity contribution in [2.45, 2.75) is 18.2 Å². The van der Waals surface area contributed by atoms with Gasteiger partial charge in [0.1, 0.15) is 11.6 Å². The molecule has 0 bridgehead atoms. The molecule has 0 aliphatic rings. The summed E-state index contributed by atoms with van der Waals surface area (Å²) in [6.07, 6.45) is 0.834. The average Bonchev–Trinajstić information content (AvgIpc) is 2.66. The van der Waals surface area contributed by atoms with Crippen LogP contribution in [0.4, 0.5) is 16.0 Å². The van der Waals surface area contributed by atoms with Crippen molar-refractivity contribution in [3.05, 3.63) is 77.6 Å². The fraction of sp³-hybridized carbons (Fsp3) is 0.158. The summed E-state index contributed by atoms with van der Waals surface area (Å²) in [6, 6.07) is 16.8. The maximum atomic E-state index is 13.3.